The van der Waals surface area contributed by atoms with Gasteiger partial charge in [0.05, 0.1) is 28.9 Å². The first kappa shape index (κ1) is 27.0. The molecule has 3 rings (SSSR count). The Bertz CT molecular complexity index is 1330. The molecule has 1 atom stereocenters. The highest BCUT2D eigenvalue weighted by molar-refractivity contribution is 7.92. The number of amides is 2. The van der Waals surface area contributed by atoms with Gasteiger partial charge in [0.25, 0.3) is 15.9 Å². The number of nitrogens with zero attached hydrogens (tertiary/aromatic N) is 1. The molecule has 3 aromatic carbocycles. The first-order chi connectivity index (χ1) is 17.2. The van der Waals surface area contributed by atoms with E-state index in [9.17, 15) is 18.0 Å². The van der Waals surface area contributed by atoms with Crippen molar-refractivity contribution in [2.45, 2.75) is 31.2 Å². The maximum absolute atomic E-state index is 13.6. The molecule has 0 radical (unpaired) electrons. The van der Waals surface area contributed by atoms with E-state index in [2.05, 4.69) is 10.6 Å². The predicted octanol–water partition coefficient (Wildman–Crippen LogP) is 4.71. The summed E-state index contributed by atoms with van der Waals surface area (Å²) in [5.74, 6) is -0.772. The second kappa shape index (κ2) is 11.9. The molecule has 8 nitrogen and oxygen atoms in total. The second-order valence-electron chi connectivity index (χ2n) is 8.02. The fourth-order valence-electron chi connectivity index (χ4n) is 3.39. The standard InChI is InChI=1S/C26H28ClN3O5S/c1-4-18(2)28-26(32)21-12-8-9-13-22(21)29-25(31)17-30(23-16-19(27)14-15-24(23)35-3)36(33,34)20-10-6-5-7-11-20/h5-16,18H,4,17H2,1-3H3,(H,28,32)(H,29,31)/t18-/m0/s1. The Morgan fingerprint density at radius 3 is 2.36 bits per heavy atom. The first-order valence-electron chi connectivity index (χ1n) is 11.3. The highest BCUT2D eigenvalue weighted by atomic mass is 35.5. The lowest BCUT2D eigenvalue weighted by atomic mass is 10.1. The maximum atomic E-state index is 13.6. The minimum absolute atomic E-state index is 0.00633. The number of hydrogen-bond acceptors (Lipinski definition) is 5. The van der Waals surface area contributed by atoms with Gasteiger partial charge in [-0.05, 0) is 55.8 Å². The minimum Gasteiger partial charge on any atom is -0.495 e. The van der Waals surface area contributed by atoms with E-state index < -0.39 is 22.5 Å². The Morgan fingerprint density at radius 2 is 1.69 bits per heavy atom. The number of ether oxygens (including phenoxy) is 1. The van der Waals surface area contributed by atoms with E-state index >= 15 is 0 Å². The maximum Gasteiger partial charge on any atom is 0.264 e. The molecule has 190 valence electrons. The van der Waals surface area contributed by atoms with Crippen LogP contribution < -0.4 is 19.7 Å². The Labute approximate surface area is 216 Å². The third-order valence-corrected chi connectivity index (χ3v) is 7.47. The third kappa shape index (κ3) is 6.35. The quantitative estimate of drug-likeness (QED) is 0.396. The highest BCUT2D eigenvalue weighted by Crippen LogP contribution is 2.35. The molecule has 0 aromatic heterocycles. The summed E-state index contributed by atoms with van der Waals surface area (Å²) in [6, 6.07) is 18.7. The number of sulfonamides is 1. The Kier molecular flexibility index (Phi) is 8.95. The lowest BCUT2D eigenvalue weighted by Crippen LogP contribution is -2.39. The van der Waals surface area contributed by atoms with E-state index in [1.54, 1.807) is 48.5 Å². The third-order valence-electron chi connectivity index (χ3n) is 5.46. The van der Waals surface area contributed by atoms with Crippen molar-refractivity contribution in [2.75, 3.05) is 23.3 Å². The van der Waals surface area contributed by atoms with Crippen LogP contribution in [0.1, 0.15) is 30.6 Å². The van der Waals surface area contributed by atoms with Gasteiger partial charge in [0.15, 0.2) is 0 Å². The van der Waals surface area contributed by atoms with Crippen LogP contribution in [0.15, 0.2) is 77.7 Å². The van der Waals surface area contributed by atoms with Crippen molar-refractivity contribution in [2.24, 2.45) is 0 Å². The molecular formula is C26H28ClN3O5S. The first-order valence-corrected chi connectivity index (χ1v) is 13.1. The van der Waals surface area contributed by atoms with Gasteiger partial charge in [0, 0.05) is 11.1 Å². The van der Waals surface area contributed by atoms with Crippen LogP contribution in [-0.4, -0.2) is 39.9 Å². The monoisotopic (exact) mass is 529 g/mol. The van der Waals surface area contributed by atoms with Gasteiger partial charge in [-0.3, -0.25) is 13.9 Å². The van der Waals surface area contributed by atoms with Crippen LogP contribution in [0.25, 0.3) is 0 Å². The van der Waals surface area contributed by atoms with Crippen LogP contribution in [0.5, 0.6) is 5.75 Å². The number of carbonyl (C=O) groups excluding carboxylic acids is 2. The van der Waals surface area contributed by atoms with Gasteiger partial charge < -0.3 is 15.4 Å². The number of rotatable bonds is 10. The lowest BCUT2D eigenvalue weighted by Gasteiger charge is -2.26. The van der Waals surface area contributed by atoms with Crippen molar-refractivity contribution in [1.82, 2.24) is 5.32 Å². The smallest absolute Gasteiger partial charge is 0.264 e. The summed E-state index contributed by atoms with van der Waals surface area (Å²) in [7, 11) is -2.79. The van der Waals surface area contributed by atoms with Crippen molar-refractivity contribution < 1.29 is 22.7 Å². The van der Waals surface area contributed by atoms with E-state index in [4.69, 9.17) is 16.3 Å². The molecule has 0 aliphatic carbocycles. The molecule has 0 aliphatic heterocycles. The average Bonchev–Trinajstić information content (AvgIpc) is 2.87. The number of nitrogens with one attached hydrogen (secondary N) is 2. The number of para-hydroxylation sites is 1. The summed E-state index contributed by atoms with van der Waals surface area (Å²) in [6.45, 7) is 3.24. The van der Waals surface area contributed by atoms with Gasteiger partial charge in [-0.25, -0.2) is 8.42 Å². The van der Waals surface area contributed by atoms with Gasteiger partial charge >= 0.3 is 0 Å². The van der Waals surface area contributed by atoms with Gasteiger partial charge in [0.2, 0.25) is 5.91 Å². The predicted molar refractivity (Wildman–Crippen MR) is 141 cm³/mol. The van der Waals surface area contributed by atoms with Crippen LogP contribution >= 0.6 is 11.6 Å². The molecule has 3 aromatic rings. The van der Waals surface area contributed by atoms with E-state index in [-0.39, 0.29) is 44.6 Å². The average molecular weight is 530 g/mol. The molecule has 0 bridgehead atoms. The van der Waals surface area contributed by atoms with Crippen molar-refractivity contribution in [1.29, 1.82) is 0 Å². The summed E-state index contributed by atoms with van der Waals surface area (Å²) in [4.78, 5) is 25.9. The number of halogens is 1. The molecule has 0 unspecified atom stereocenters. The fraction of sp³-hybridized carbons (Fsp3) is 0.231. The van der Waals surface area contributed by atoms with E-state index in [0.29, 0.717) is 0 Å². The van der Waals surface area contributed by atoms with Gasteiger partial charge in [0.1, 0.15) is 12.3 Å². The molecule has 0 saturated carbocycles. The van der Waals surface area contributed by atoms with Crippen LogP contribution in [-0.2, 0) is 14.8 Å². The molecule has 2 amide bonds. The normalized spacial score (nSPS) is 11.9. The van der Waals surface area contributed by atoms with Crippen LogP contribution in [0.4, 0.5) is 11.4 Å². The van der Waals surface area contributed by atoms with Gasteiger partial charge in [-0.2, -0.15) is 0 Å². The molecule has 2 N–H and O–H groups in total. The molecule has 0 saturated heterocycles. The van der Waals surface area contributed by atoms with Crippen LogP contribution in [0.2, 0.25) is 5.02 Å². The molecule has 0 spiro atoms. The summed E-state index contributed by atoms with van der Waals surface area (Å²) in [6.07, 6.45) is 0.744. The summed E-state index contributed by atoms with van der Waals surface area (Å²) in [5.41, 5.74) is 0.633. The fourth-order valence-corrected chi connectivity index (χ4v) is 5.00. The molecule has 36 heavy (non-hydrogen) atoms. The molecule has 10 heteroatoms. The number of methoxy groups -OCH3 is 1. The Morgan fingerprint density at radius 1 is 1.03 bits per heavy atom. The zero-order chi connectivity index (χ0) is 26.3. The number of hydrogen-bond donors (Lipinski definition) is 2. The van der Waals surface area contributed by atoms with Crippen molar-refractivity contribution in [3.63, 3.8) is 0 Å². The highest BCUT2D eigenvalue weighted by Gasteiger charge is 2.30. The van der Waals surface area contributed by atoms with Crippen LogP contribution in [0.3, 0.4) is 0 Å². The number of benzene rings is 3. The Balaban J connectivity index is 1.97. The molecule has 0 heterocycles. The minimum atomic E-state index is -4.18. The zero-order valence-corrected chi connectivity index (χ0v) is 21.8. The largest absolute Gasteiger partial charge is 0.495 e. The number of carbonyl (C=O) groups is 2. The number of anilines is 2. The lowest BCUT2D eigenvalue weighted by molar-refractivity contribution is -0.114. The van der Waals surface area contributed by atoms with Crippen molar-refractivity contribution in [3.8, 4) is 5.75 Å². The van der Waals surface area contributed by atoms with Crippen LogP contribution in [0, 0.1) is 0 Å². The molecule has 0 fully saturated rings. The zero-order valence-electron chi connectivity index (χ0n) is 20.2. The van der Waals surface area contributed by atoms with E-state index in [0.717, 1.165) is 10.7 Å². The molecule has 0 aliphatic rings. The van der Waals surface area contributed by atoms with Gasteiger partial charge in [-0.15, -0.1) is 0 Å². The van der Waals surface area contributed by atoms with E-state index in [1.165, 1.54) is 31.4 Å². The topological polar surface area (TPSA) is 105 Å². The SMILES string of the molecule is CC[C@H](C)NC(=O)c1ccccc1NC(=O)CN(c1cc(Cl)ccc1OC)S(=O)(=O)c1ccccc1. The summed E-state index contributed by atoms with van der Waals surface area (Å²) in [5, 5.41) is 5.81. The molecular weight excluding hydrogens is 502 g/mol. The van der Waals surface area contributed by atoms with Crippen molar-refractivity contribution >= 4 is 44.8 Å². The van der Waals surface area contributed by atoms with E-state index in [1.807, 2.05) is 13.8 Å². The summed E-state index contributed by atoms with van der Waals surface area (Å²) >= 11 is 6.17. The Hall–Kier alpha value is -3.56. The summed E-state index contributed by atoms with van der Waals surface area (Å²) < 4.78 is 33.5. The van der Waals surface area contributed by atoms with Crippen molar-refractivity contribution in [3.05, 3.63) is 83.4 Å². The van der Waals surface area contributed by atoms with Gasteiger partial charge in [-0.1, -0.05) is 48.9 Å². The second-order valence-corrected chi connectivity index (χ2v) is 10.3.